The van der Waals surface area contributed by atoms with Crippen LogP contribution in [0.2, 0.25) is 0 Å². The summed E-state index contributed by atoms with van der Waals surface area (Å²) in [5.41, 5.74) is -1.92. The molecule has 0 radical (unpaired) electrons. The van der Waals surface area contributed by atoms with Gasteiger partial charge in [-0.2, -0.15) is 0 Å². The number of rotatable bonds is 3. The van der Waals surface area contributed by atoms with Crippen LogP contribution in [0.4, 0.5) is 0 Å². The Morgan fingerprint density at radius 3 is 2.00 bits per heavy atom. The fourth-order valence-electron chi connectivity index (χ4n) is 0.714. The molecule has 0 spiro atoms. The largest absolute Gasteiger partial charge is 0.390 e. The molecule has 14 heavy (non-hydrogen) atoms. The van der Waals surface area contributed by atoms with E-state index >= 15 is 0 Å². The average molecular weight is 200 g/mol. The molecule has 82 valence electrons. The maximum atomic E-state index is 9.36. The van der Waals surface area contributed by atoms with Crippen molar-refractivity contribution in [2.75, 3.05) is 0 Å². The van der Waals surface area contributed by atoms with Crippen molar-refractivity contribution in [1.29, 1.82) is 0 Å². The summed E-state index contributed by atoms with van der Waals surface area (Å²) in [6.07, 6.45) is 0.0270. The van der Waals surface area contributed by atoms with E-state index in [1.807, 2.05) is 0 Å². The van der Waals surface area contributed by atoms with Crippen molar-refractivity contribution in [2.45, 2.75) is 57.8 Å². The van der Waals surface area contributed by atoms with Gasteiger partial charge >= 0.3 is 0 Å². The van der Waals surface area contributed by atoms with E-state index in [2.05, 4.69) is 11.8 Å². The Labute approximate surface area is 85.8 Å². The predicted octanol–water partition coefficient (Wildman–Crippen LogP) is 0.673. The van der Waals surface area contributed by atoms with Crippen molar-refractivity contribution in [3.05, 3.63) is 0 Å². The van der Waals surface area contributed by atoms with Crippen molar-refractivity contribution in [2.24, 2.45) is 0 Å². The molecule has 3 heteroatoms. The van der Waals surface area contributed by atoms with Gasteiger partial charge in [0.1, 0.15) is 6.10 Å². The molecule has 0 heterocycles. The number of hydrogen-bond donors (Lipinski definition) is 3. The molecule has 0 aromatic rings. The van der Waals surface area contributed by atoms with Gasteiger partial charge in [0.15, 0.2) is 0 Å². The second-order valence-electron chi connectivity index (χ2n) is 4.69. The van der Waals surface area contributed by atoms with Crippen molar-refractivity contribution in [3.8, 4) is 11.8 Å². The molecule has 0 bridgehead atoms. The summed E-state index contributed by atoms with van der Waals surface area (Å²) in [4.78, 5) is 0. The fraction of sp³-hybridized carbons (Fsp3) is 0.818. The molecule has 0 saturated heterocycles. The first-order valence-electron chi connectivity index (χ1n) is 4.74. The molecule has 0 fully saturated rings. The monoisotopic (exact) mass is 200 g/mol. The van der Waals surface area contributed by atoms with Gasteiger partial charge in [-0.1, -0.05) is 5.92 Å². The van der Waals surface area contributed by atoms with E-state index in [4.69, 9.17) is 0 Å². The van der Waals surface area contributed by atoms with E-state index in [0.29, 0.717) is 12.8 Å². The van der Waals surface area contributed by atoms with Gasteiger partial charge in [-0.25, -0.2) is 0 Å². The second kappa shape index (κ2) is 4.79. The zero-order chi connectivity index (χ0) is 11.4. The minimum Gasteiger partial charge on any atom is -0.390 e. The van der Waals surface area contributed by atoms with Crippen LogP contribution in [-0.2, 0) is 0 Å². The van der Waals surface area contributed by atoms with Crippen LogP contribution in [0.25, 0.3) is 0 Å². The summed E-state index contributed by atoms with van der Waals surface area (Å²) < 4.78 is 0. The van der Waals surface area contributed by atoms with Gasteiger partial charge in [0.25, 0.3) is 0 Å². The minimum atomic E-state index is -1.19. The molecule has 0 rings (SSSR count). The zero-order valence-electron chi connectivity index (χ0n) is 9.33. The van der Waals surface area contributed by atoms with Crippen molar-refractivity contribution in [1.82, 2.24) is 0 Å². The molecule has 0 aliphatic heterocycles. The summed E-state index contributed by atoms with van der Waals surface area (Å²) in [6, 6.07) is 0. The topological polar surface area (TPSA) is 60.7 Å². The standard InChI is InChI=1S/C11H20O3/c1-10(2,13)8-6-5-7-9(12)11(3,4)14/h9,12-14H,6,8H2,1-4H3. The fourth-order valence-corrected chi connectivity index (χ4v) is 0.714. The van der Waals surface area contributed by atoms with E-state index in [1.165, 1.54) is 13.8 Å². The number of hydrogen-bond acceptors (Lipinski definition) is 3. The summed E-state index contributed by atoms with van der Waals surface area (Å²) in [5.74, 6) is 5.27. The molecule has 3 nitrogen and oxygen atoms in total. The molecule has 0 amide bonds. The van der Waals surface area contributed by atoms with Crippen LogP contribution in [0.5, 0.6) is 0 Å². The molecule has 1 atom stereocenters. The van der Waals surface area contributed by atoms with Crippen LogP contribution in [-0.4, -0.2) is 32.6 Å². The predicted molar refractivity (Wildman–Crippen MR) is 55.6 cm³/mol. The summed E-state index contributed by atoms with van der Waals surface area (Å²) in [5, 5.41) is 28.0. The number of aliphatic hydroxyl groups is 3. The van der Waals surface area contributed by atoms with Gasteiger partial charge in [-0.15, -0.1) is 5.92 Å². The summed E-state index contributed by atoms with van der Waals surface area (Å²) in [6.45, 7) is 6.42. The van der Waals surface area contributed by atoms with Gasteiger partial charge in [-0.05, 0) is 34.1 Å². The Morgan fingerprint density at radius 2 is 1.64 bits per heavy atom. The van der Waals surface area contributed by atoms with Gasteiger partial charge in [0.05, 0.1) is 11.2 Å². The van der Waals surface area contributed by atoms with Crippen molar-refractivity contribution < 1.29 is 15.3 Å². The lowest BCUT2D eigenvalue weighted by Crippen LogP contribution is -2.34. The average Bonchev–Trinajstić information content (AvgIpc) is 1.93. The quantitative estimate of drug-likeness (QED) is 0.587. The molecule has 1 unspecified atom stereocenters. The maximum Gasteiger partial charge on any atom is 0.142 e. The highest BCUT2D eigenvalue weighted by Gasteiger charge is 2.21. The van der Waals surface area contributed by atoms with Crippen LogP contribution >= 0.6 is 0 Å². The highest BCUT2D eigenvalue weighted by Crippen LogP contribution is 2.10. The third-order valence-corrected chi connectivity index (χ3v) is 1.77. The Bertz CT molecular complexity index is 222. The molecular formula is C11H20O3. The highest BCUT2D eigenvalue weighted by atomic mass is 16.3. The maximum absolute atomic E-state index is 9.36. The number of aliphatic hydroxyl groups excluding tert-OH is 1. The van der Waals surface area contributed by atoms with Crippen LogP contribution in [0.3, 0.4) is 0 Å². The lowest BCUT2D eigenvalue weighted by Gasteiger charge is -2.19. The van der Waals surface area contributed by atoms with Crippen LogP contribution in [0.15, 0.2) is 0 Å². The van der Waals surface area contributed by atoms with Crippen molar-refractivity contribution in [3.63, 3.8) is 0 Å². The van der Waals surface area contributed by atoms with Gasteiger partial charge in [-0.3, -0.25) is 0 Å². The van der Waals surface area contributed by atoms with Crippen LogP contribution < -0.4 is 0 Å². The molecular weight excluding hydrogens is 180 g/mol. The molecule has 0 aliphatic carbocycles. The molecule has 0 aromatic heterocycles. The molecule has 0 aliphatic rings. The lowest BCUT2D eigenvalue weighted by atomic mass is 10.0. The smallest absolute Gasteiger partial charge is 0.142 e. The Hall–Kier alpha value is -0.560. The van der Waals surface area contributed by atoms with Crippen LogP contribution in [0.1, 0.15) is 40.5 Å². The van der Waals surface area contributed by atoms with E-state index in [-0.39, 0.29) is 0 Å². The Balaban J connectivity index is 3.96. The lowest BCUT2D eigenvalue weighted by molar-refractivity contribution is -0.0178. The van der Waals surface area contributed by atoms with E-state index in [9.17, 15) is 15.3 Å². The summed E-state index contributed by atoms with van der Waals surface area (Å²) >= 11 is 0. The highest BCUT2D eigenvalue weighted by molar-refractivity contribution is 5.09. The molecule has 3 N–H and O–H groups in total. The van der Waals surface area contributed by atoms with Crippen molar-refractivity contribution >= 4 is 0 Å². The van der Waals surface area contributed by atoms with E-state index in [1.54, 1.807) is 13.8 Å². The Morgan fingerprint density at radius 1 is 1.14 bits per heavy atom. The van der Waals surface area contributed by atoms with E-state index in [0.717, 1.165) is 0 Å². The Kier molecular flexibility index (Phi) is 4.60. The third kappa shape index (κ3) is 6.90. The van der Waals surface area contributed by atoms with Gasteiger partial charge in [0, 0.05) is 6.42 Å². The third-order valence-electron chi connectivity index (χ3n) is 1.77. The van der Waals surface area contributed by atoms with E-state index < -0.39 is 17.3 Å². The van der Waals surface area contributed by atoms with Gasteiger partial charge < -0.3 is 15.3 Å². The normalized spacial score (nSPS) is 14.5. The first-order chi connectivity index (χ1) is 6.13. The first-order valence-corrected chi connectivity index (χ1v) is 4.74. The van der Waals surface area contributed by atoms with Crippen LogP contribution in [0, 0.1) is 11.8 Å². The molecule has 0 aromatic carbocycles. The summed E-state index contributed by atoms with van der Waals surface area (Å²) in [7, 11) is 0. The minimum absolute atomic E-state index is 0.511. The van der Waals surface area contributed by atoms with Gasteiger partial charge in [0.2, 0.25) is 0 Å². The zero-order valence-corrected chi connectivity index (χ0v) is 9.33. The first kappa shape index (κ1) is 13.4. The SMILES string of the molecule is CC(C)(O)CCC#CC(O)C(C)(C)O. The molecule has 0 saturated carbocycles. The second-order valence-corrected chi connectivity index (χ2v) is 4.69.